The maximum Gasteiger partial charge on any atom is 0.0645 e. The van der Waals surface area contributed by atoms with Gasteiger partial charge in [-0.25, -0.2) is 4.68 Å². The van der Waals surface area contributed by atoms with E-state index in [1.54, 1.807) is 0 Å². The van der Waals surface area contributed by atoms with Crippen LogP contribution in [0.3, 0.4) is 0 Å². The van der Waals surface area contributed by atoms with Crippen molar-refractivity contribution in [1.29, 1.82) is 0 Å². The number of aliphatic hydroxyl groups excluding tert-OH is 1. The van der Waals surface area contributed by atoms with E-state index in [0.717, 1.165) is 38.3 Å². The molecule has 1 unspecified atom stereocenters. The van der Waals surface area contributed by atoms with Gasteiger partial charge in [0.15, 0.2) is 0 Å². The normalized spacial score (nSPS) is 22.9. The first-order chi connectivity index (χ1) is 14.1. The number of hydrogen-bond donors (Lipinski definition) is 1. The Labute approximate surface area is 174 Å². The van der Waals surface area contributed by atoms with Crippen LogP contribution in [0.5, 0.6) is 0 Å². The molecule has 0 saturated carbocycles. The average Bonchev–Trinajstić information content (AvgIpc) is 3.18. The van der Waals surface area contributed by atoms with Crippen molar-refractivity contribution in [3.63, 3.8) is 0 Å². The Bertz CT molecular complexity index is 766. The predicted octanol–water partition coefficient (Wildman–Crippen LogP) is 2.14. The molecule has 0 radical (unpaired) electrons. The molecule has 4 rings (SSSR count). The van der Waals surface area contributed by atoms with Crippen LogP contribution in [0.2, 0.25) is 0 Å². The molecule has 1 aromatic carbocycles. The zero-order valence-electron chi connectivity index (χ0n) is 17.9. The van der Waals surface area contributed by atoms with Gasteiger partial charge in [0.1, 0.15) is 0 Å². The van der Waals surface area contributed by atoms with Crippen molar-refractivity contribution in [2.24, 2.45) is 0 Å². The Hall–Kier alpha value is -1.73. The van der Waals surface area contributed by atoms with E-state index in [0.29, 0.717) is 12.1 Å². The number of aliphatic hydroxyl groups is 1. The number of benzene rings is 1. The van der Waals surface area contributed by atoms with Gasteiger partial charge < -0.3 is 10.0 Å². The van der Waals surface area contributed by atoms with Gasteiger partial charge in [0, 0.05) is 56.6 Å². The Kier molecular flexibility index (Phi) is 6.65. The summed E-state index contributed by atoms with van der Waals surface area (Å²) in [6.07, 6.45) is 7.51. The van der Waals surface area contributed by atoms with Crippen LogP contribution in [-0.4, -0.2) is 88.0 Å². The second-order valence-electron chi connectivity index (χ2n) is 8.80. The summed E-state index contributed by atoms with van der Waals surface area (Å²) < 4.78 is 1.97. The second-order valence-corrected chi connectivity index (χ2v) is 8.80. The molecule has 1 aromatic heterocycles. The van der Waals surface area contributed by atoms with Gasteiger partial charge in [-0.15, -0.1) is 0 Å². The van der Waals surface area contributed by atoms with Crippen LogP contribution in [0.4, 0.5) is 0 Å². The lowest BCUT2D eigenvalue weighted by Crippen LogP contribution is -2.58. The van der Waals surface area contributed by atoms with Gasteiger partial charge >= 0.3 is 0 Å². The van der Waals surface area contributed by atoms with Crippen LogP contribution in [0.25, 0.3) is 5.69 Å². The molecule has 6 nitrogen and oxygen atoms in total. The molecule has 158 valence electrons. The highest BCUT2D eigenvalue weighted by molar-refractivity contribution is 5.34. The standard InChI is InChI=1S/C23H35N5O/c1-19-3-5-22(6-4-19)28-17-20(15-24-28)16-26-12-13-27(23(18-26)9-14-29)21-7-10-25(2)11-8-21/h3-6,15,17,21,23,29H,7-14,16,18H2,1-2H3. The van der Waals surface area contributed by atoms with Gasteiger partial charge in [-0.05, 0) is 58.5 Å². The highest BCUT2D eigenvalue weighted by atomic mass is 16.3. The molecule has 3 heterocycles. The SMILES string of the molecule is Cc1ccc(-n2cc(CN3CCN(C4CCN(C)CC4)C(CCO)C3)cn2)cc1. The number of piperazine rings is 1. The summed E-state index contributed by atoms with van der Waals surface area (Å²) >= 11 is 0. The number of aryl methyl sites for hydroxylation is 1. The van der Waals surface area contributed by atoms with Crippen molar-refractivity contribution >= 4 is 0 Å². The van der Waals surface area contributed by atoms with E-state index in [9.17, 15) is 5.11 Å². The van der Waals surface area contributed by atoms with Crippen molar-refractivity contribution in [1.82, 2.24) is 24.5 Å². The summed E-state index contributed by atoms with van der Waals surface area (Å²) in [6.45, 7) is 8.90. The van der Waals surface area contributed by atoms with Crippen molar-refractivity contribution in [2.45, 2.75) is 44.8 Å². The topological polar surface area (TPSA) is 47.8 Å². The molecule has 0 amide bonds. The maximum atomic E-state index is 9.63. The molecule has 2 aromatic rings. The monoisotopic (exact) mass is 397 g/mol. The Morgan fingerprint density at radius 3 is 2.55 bits per heavy atom. The quantitative estimate of drug-likeness (QED) is 0.809. The lowest BCUT2D eigenvalue weighted by atomic mass is 9.98. The largest absolute Gasteiger partial charge is 0.396 e. The van der Waals surface area contributed by atoms with Crippen LogP contribution in [0.15, 0.2) is 36.7 Å². The molecule has 0 spiro atoms. The minimum absolute atomic E-state index is 0.271. The van der Waals surface area contributed by atoms with Crippen LogP contribution < -0.4 is 0 Å². The van der Waals surface area contributed by atoms with Gasteiger partial charge in [0.2, 0.25) is 0 Å². The van der Waals surface area contributed by atoms with Crippen molar-refractivity contribution in [3.8, 4) is 5.69 Å². The number of rotatable bonds is 6. The molecule has 0 bridgehead atoms. The smallest absolute Gasteiger partial charge is 0.0645 e. The fourth-order valence-corrected chi connectivity index (χ4v) is 4.83. The van der Waals surface area contributed by atoms with Crippen LogP contribution >= 0.6 is 0 Å². The summed E-state index contributed by atoms with van der Waals surface area (Å²) in [5.41, 5.74) is 3.62. The highest BCUT2D eigenvalue weighted by Gasteiger charge is 2.33. The maximum absolute atomic E-state index is 9.63. The average molecular weight is 398 g/mol. The molecule has 1 atom stereocenters. The van der Waals surface area contributed by atoms with E-state index in [1.807, 2.05) is 10.9 Å². The fraction of sp³-hybridized carbons (Fsp3) is 0.609. The molecule has 29 heavy (non-hydrogen) atoms. The van der Waals surface area contributed by atoms with E-state index in [1.165, 1.54) is 37.1 Å². The molecule has 2 saturated heterocycles. The molecule has 1 N–H and O–H groups in total. The molecule has 2 fully saturated rings. The van der Waals surface area contributed by atoms with Gasteiger partial charge in [0.05, 0.1) is 11.9 Å². The zero-order chi connectivity index (χ0) is 20.2. The summed E-state index contributed by atoms with van der Waals surface area (Å²) in [5.74, 6) is 0. The molecular formula is C23H35N5O. The Morgan fingerprint density at radius 2 is 1.83 bits per heavy atom. The second kappa shape index (κ2) is 9.39. The lowest BCUT2D eigenvalue weighted by Gasteiger charge is -2.47. The van der Waals surface area contributed by atoms with Crippen molar-refractivity contribution in [2.75, 3.05) is 46.4 Å². The van der Waals surface area contributed by atoms with Crippen molar-refractivity contribution in [3.05, 3.63) is 47.8 Å². The molecule has 0 aliphatic carbocycles. The first-order valence-electron chi connectivity index (χ1n) is 11.0. The number of piperidine rings is 1. The summed E-state index contributed by atoms with van der Waals surface area (Å²) in [4.78, 5) is 7.65. The van der Waals surface area contributed by atoms with Crippen molar-refractivity contribution < 1.29 is 5.11 Å². The number of nitrogens with zero attached hydrogens (tertiary/aromatic N) is 5. The van der Waals surface area contributed by atoms with Gasteiger partial charge in [0.25, 0.3) is 0 Å². The lowest BCUT2D eigenvalue weighted by molar-refractivity contribution is 0.00599. The van der Waals surface area contributed by atoms with Gasteiger partial charge in [-0.1, -0.05) is 17.7 Å². The summed E-state index contributed by atoms with van der Waals surface area (Å²) in [6, 6.07) is 9.60. The van der Waals surface area contributed by atoms with Gasteiger partial charge in [-0.3, -0.25) is 9.80 Å². The van der Waals surface area contributed by atoms with Crippen LogP contribution in [0.1, 0.15) is 30.4 Å². The molecular weight excluding hydrogens is 362 g/mol. The summed E-state index contributed by atoms with van der Waals surface area (Å²) in [5, 5.41) is 14.2. The Balaban J connectivity index is 1.37. The highest BCUT2D eigenvalue weighted by Crippen LogP contribution is 2.24. The zero-order valence-corrected chi connectivity index (χ0v) is 17.9. The minimum atomic E-state index is 0.271. The number of likely N-dealkylation sites (tertiary alicyclic amines) is 1. The first kappa shape index (κ1) is 20.5. The van der Waals surface area contributed by atoms with E-state index in [4.69, 9.17) is 0 Å². The van der Waals surface area contributed by atoms with E-state index in [2.05, 4.69) is 64.2 Å². The van der Waals surface area contributed by atoms with E-state index >= 15 is 0 Å². The number of hydrogen-bond acceptors (Lipinski definition) is 5. The molecule has 2 aliphatic heterocycles. The Morgan fingerprint density at radius 1 is 1.07 bits per heavy atom. The third-order valence-electron chi connectivity index (χ3n) is 6.57. The minimum Gasteiger partial charge on any atom is -0.396 e. The van der Waals surface area contributed by atoms with E-state index < -0.39 is 0 Å². The van der Waals surface area contributed by atoms with Crippen LogP contribution in [0, 0.1) is 6.92 Å². The predicted molar refractivity (Wildman–Crippen MR) is 116 cm³/mol. The molecule has 2 aliphatic rings. The van der Waals surface area contributed by atoms with Crippen LogP contribution in [-0.2, 0) is 6.54 Å². The third-order valence-corrected chi connectivity index (χ3v) is 6.57. The fourth-order valence-electron chi connectivity index (χ4n) is 4.83. The third kappa shape index (κ3) is 5.07. The summed E-state index contributed by atoms with van der Waals surface area (Å²) in [7, 11) is 2.22. The van der Waals surface area contributed by atoms with E-state index in [-0.39, 0.29) is 6.61 Å². The first-order valence-corrected chi connectivity index (χ1v) is 11.0. The van der Waals surface area contributed by atoms with Gasteiger partial charge in [-0.2, -0.15) is 5.10 Å². The molecule has 6 heteroatoms. The number of aromatic nitrogens is 2.